The Labute approximate surface area is 138 Å². The quantitative estimate of drug-likeness (QED) is 0.633. The van der Waals surface area contributed by atoms with E-state index in [2.05, 4.69) is 63.9 Å². The number of aromatic nitrogens is 1. The Balaban J connectivity index is 1.91. The number of nitrogens with one attached hydrogen (secondary N) is 2. The third-order valence-electron chi connectivity index (χ3n) is 3.66. The van der Waals surface area contributed by atoms with E-state index < -0.39 is 0 Å². The van der Waals surface area contributed by atoms with Gasteiger partial charge in [0.2, 0.25) is 0 Å². The van der Waals surface area contributed by atoms with Gasteiger partial charge in [0.1, 0.15) is 0 Å². The highest BCUT2D eigenvalue weighted by molar-refractivity contribution is 5.79. The van der Waals surface area contributed by atoms with Gasteiger partial charge in [-0.3, -0.25) is 9.98 Å². The molecule has 122 valence electrons. The molecule has 0 fully saturated rings. The molecule has 0 saturated carbocycles. The molecule has 0 radical (unpaired) electrons. The van der Waals surface area contributed by atoms with Gasteiger partial charge in [-0.1, -0.05) is 36.4 Å². The smallest absolute Gasteiger partial charge is 0.191 e. The van der Waals surface area contributed by atoms with Crippen LogP contribution in [-0.2, 0) is 6.54 Å². The van der Waals surface area contributed by atoms with E-state index in [0.717, 1.165) is 18.2 Å². The molecule has 1 aromatic heterocycles. The van der Waals surface area contributed by atoms with Gasteiger partial charge in [-0.05, 0) is 31.8 Å². The molecule has 1 aromatic carbocycles. The van der Waals surface area contributed by atoms with Crippen LogP contribution in [0, 0.1) is 0 Å². The maximum atomic E-state index is 4.30. The minimum Gasteiger partial charge on any atom is -0.354 e. The summed E-state index contributed by atoms with van der Waals surface area (Å²) < 4.78 is 0. The zero-order valence-electron chi connectivity index (χ0n) is 14.0. The third kappa shape index (κ3) is 5.38. The van der Waals surface area contributed by atoms with Gasteiger partial charge in [0, 0.05) is 19.8 Å². The Morgan fingerprint density at radius 2 is 1.83 bits per heavy atom. The van der Waals surface area contributed by atoms with E-state index in [-0.39, 0.29) is 6.04 Å². The van der Waals surface area contributed by atoms with E-state index >= 15 is 0 Å². The number of aliphatic imine (C=N–C) groups is 1. The number of nitrogens with zero attached hydrogens (tertiary/aromatic N) is 3. The topological polar surface area (TPSA) is 52.6 Å². The van der Waals surface area contributed by atoms with E-state index in [1.54, 1.807) is 13.2 Å². The van der Waals surface area contributed by atoms with Crippen molar-refractivity contribution in [2.24, 2.45) is 4.99 Å². The fourth-order valence-electron chi connectivity index (χ4n) is 2.36. The molecule has 2 N–H and O–H groups in total. The van der Waals surface area contributed by atoms with Gasteiger partial charge >= 0.3 is 0 Å². The standard InChI is InChI=1S/C18H25N5/c1-19-18(21-13-16-11-7-8-12-20-16)22-14-17(23(2)3)15-9-5-4-6-10-15/h4-12,17H,13-14H2,1-3H3,(H2,19,21,22). The molecule has 2 aromatic rings. The van der Waals surface area contributed by atoms with Crippen molar-refractivity contribution in [2.75, 3.05) is 27.7 Å². The average Bonchev–Trinajstić information content (AvgIpc) is 2.59. The molecule has 0 aliphatic heterocycles. The molecule has 0 amide bonds. The summed E-state index contributed by atoms with van der Waals surface area (Å²) in [6.07, 6.45) is 1.80. The lowest BCUT2D eigenvalue weighted by molar-refractivity contribution is 0.298. The highest BCUT2D eigenvalue weighted by atomic mass is 15.2. The highest BCUT2D eigenvalue weighted by Gasteiger charge is 2.14. The Bertz CT molecular complexity index is 595. The number of likely N-dealkylation sites (N-methyl/N-ethyl adjacent to an activating group) is 1. The van der Waals surface area contributed by atoms with Gasteiger partial charge in [-0.15, -0.1) is 0 Å². The number of benzene rings is 1. The summed E-state index contributed by atoms with van der Waals surface area (Å²) in [5.41, 5.74) is 2.27. The van der Waals surface area contributed by atoms with Crippen LogP contribution in [0.5, 0.6) is 0 Å². The molecular formula is C18H25N5. The maximum absolute atomic E-state index is 4.30. The van der Waals surface area contributed by atoms with Crippen LogP contribution in [0.4, 0.5) is 0 Å². The van der Waals surface area contributed by atoms with Gasteiger partial charge in [-0.25, -0.2) is 0 Å². The molecule has 0 bridgehead atoms. The summed E-state index contributed by atoms with van der Waals surface area (Å²) >= 11 is 0. The van der Waals surface area contributed by atoms with E-state index in [4.69, 9.17) is 0 Å². The first-order chi connectivity index (χ1) is 11.2. The van der Waals surface area contributed by atoms with Gasteiger partial charge in [-0.2, -0.15) is 0 Å². The molecule has 5 heteroatoms. The Morgan fingerprint density at radius 3 is 2.43 bits per heavy atom. The van der Waals surface area contributed by atoms with E-state index in [1.165, 1.54) is 5.56 Å². The molecule has 0 aliphatic carbocycles. The summed E-state index contributed by atoms with van der Waals surface area (Å²) in [6.45, 7) is 1.43. The van der Waals surface area contributed by atoms with Crippen molar-refractivity contribution in [3.05, 3.63) is 66.0 Å². The summed E-state index contributed by atoms with van der Waals surface area (Å²) in [6, 6.07) is 16.6. The summed E-state index contributed by atoms with van der Waals surface area (Å²) in [5.74, 6) is 0.776. The molecule has 1 heterocycles. The van der Waals surface area contributed by atoms with Crippen molar-refractivity contribution < 1.29 is 0 Å². The maximum Gasteiger partial charge on any atom is 0.191 e. The van der Waals surface area contributed by atoms with Crippen LogP contribution < -0.4 is 10.6 Å². The minimum atomic E-state index is 0.282. The lowest BCUT2D eigenvalue weighted by atomic mass is 10.1. The first-order valence-electron chi connectivity index (χ1n) is 7.76. The average molecular weight is 311 g/mol. The van der Waals surface area contributed by atoms with Crippen molar-refractivity contribution in [1.29, 1.82) is 0 Å². The van der Waals surface area contributed by atoms with Crippen molar-refractivity contribution in [2.45, 2.75) is 12.6 Å². The normalized spacial score (nSPS) is 13.0. The predicted molar refractivity (Wildman–Crippen MR) is 95.3 cm³/mol. The predicted octanol–water partition coefficient (Wildman–Crippen LogP) is 2.05. The van der Waals surface area contributed by atoms with Crippen LogP contribution in [-0.4, -0.2) is 43.5 Å². The van der Waals surface area contributed by atoms with Crippen LogP contribution in [0.15, 0.2) is 59.7 Å². The largest absolute Gasteiger partial charge is 0.354 e. The van der Waals surface area contributed by atoms with Gasteiger partial charge < -0.3 is 15.5 Å². The second-order valence-electron chi connectivity index (χ2n) is 5.52. The number of rotatable bonds is 6. The van der Waals surface area contributed by atoms with E-state index in [1.807, 2.05) is 24.3 Å². The lowest BCUT2D eigenvalue weighted by Crippen LogP contribution is -2.41. The molecule has 23 heavy (non-hydrogen) atoms. The zero-order valence-corrected chi connectivity index (χ0v) is 14.0. The van der Waals surface area contributed by atoms with Gasteiger partial charge in [0.15, 0.2) is 5.96 Å². The van der Waals surface area contributed by atoms with Crippen molar-refractivity contribution >= 4 is 5.96 Å². The molecule has 5 nitrogen and oxygen atoms in total. The Hall–Kier alpha value is -2.40. The van der Waals surface area contributed by atoms with Crippen LogP contribution in [0.3, 0.4) is 0 Å². The Kier molecular flexibility index (Phi) is 6.56. The second kappa shape index (κ2) is 8.90. The SMILES string of the molecule is CN=C(NCc1ccccn1)NCC(c1ccccc1)N(C)C. The molecule has 0 aliphatic rings. The van der Waals surface area contributed by atoms with E-state index in [9.17, 15) is 0 Å². The summed E-state index contributed by atoms with van der Waals surface area (Å²) in [4.78, 5) is 10.8. The van der Waals surface area contributed by atoms with Crippen molar-refractivity contribution in [1.82, 2.24) is 20.5 Å². The number of guanidine groups is 1. The van der Waals surface area contributed by atoms with Crippen LogP contribution >= 0.6 is 0 Å². The Morgan fingerprint density at radius 1 is 1.09 bits per heavy atom. The van der Waals surface area contributed by atoms with Crippen LogP contribution in [0.2, 0.25) is 0 Å². The minimum absolute atomic E-state index is 0.282. The molecule has 1 atom stereocenters. The fourth-order valence-corrected chi connectivity index (χ4v) is 2.36. The lowest BCUT2D eigenvalue weighted by Gasteiger charge is -2.26. The highest BCUT2D eigenvalue weighted by Crippen LogP contribution is 2.16. The molecule has 0 spiro atoms. The first-order valence-corrected chi connectivity index (χ1v) is 7.76. The summed E-state index contributed by atoms with van der Waals surface area (Å²) in [5, 5.41) is 6.68. The van der Waals surface area contributed by atoms with Crippen LogP contribution in [0.1, 0.15) is 17.3 Å². The van der Waals surface area contributed by atoms with E-state index in [0.29, 0.717) is 6.54 Å². The molecular weight excluding hydrogens is 286 g/mol. The van der Waals surface area contributed by atoms with Crippen molar-refractivity contribution in [3.8, 4) is 0 Å². The van der Waals surface area contributed by atoms with Crippen LogP contribution in [0.25, 0.3) is 0 Å². The molecule has 2 rings (SSSR count). The second-order valence-corrected chi connectivity index (χ2v) is 5.52. The first kappa shape index (κ1) is 17.0. The number of hydrogen-bond donors (Lipinski definition) is 2. The third-order valence-corrected chi connectivity index (χ3v) is 3.66. The fraction of sp³-hybridized carbons (Fsp3) is 0.333. The van der Waals surface area contributed by atoms with Crippen molar-refractivity contribution in [3.63, 3.8) is 0 Å². The number of hydrogen-bond acceptors (Lipinski definition) is 3. The molecule has 0 saturated heterocycles. The monoisotopic (exact) mass is 311 g/mol. The molecule has 1 unspecified atom stereocenters. The van der Waals surface area contributed by atoms with Gasteiger partial charge in [0.25, 0.3) is 0 Å². The summed E-state index contributed by atoms with van der Waals surface area (Å²) in [7, 11) is 5.95. The zero-order chi connectivity index (χ0) is 16.5. The number of pyridine rings is 1. The van der Waals surface area contributed by atoms with Gasteiger partial charge in [0.05, 0.1) is 18.3 Å².